The van der Waals surface area contributed by atoms with Crippen molar-refractivity contribution < 1.29 is 37.0 Å². The van der Waals surface area contributed by atoms with Gasteiger partial charge in [0.25, 0.3) is 0 Å². The Morgan fingerprint density at radius 2 is 0.500 bits per heavy atom. The number of hydrogen-bond acceptors (Lipinski definition) is 3. The Morgan fingerprint density at radius 1 is 0.500 bits per heavy atom. The molecule has 0 saturated carbocycles. The van der Waals surface area contributed by atoms with Crippen molar-refractivity contribution in [3.8, 4) is 0 Å². The third kappa shape index (κ3) is 16300. The number of aliphatic hydroxyl groups is 3. The van der Waals surface area contributed by atoms with Crippen molar-refractivity contribution >= 4 is 0 Å². The maximum atomic E-state index is 8.52. The molecule has 0 aromatic heterocycles. The summed E-state index contributed by atoms with van der Waals surface area (Å²) in [4.78, 5) is 0. The van der Waals surface area contributed by atoms with Gasteiger partial charge < -0.3 is 21.2 Å². The molecule has 0 aromatic carbocycles. The van der Waals surface area contributed by atoms with Crippen LogP contribution in [0.1, 0.15) is 83.1 Å². The molecule has 0 spiro atoms. The molecule has 0 atom stereocenters. The zero-order valence-electron chi connectivity index (χ0n) is 15.8. The van der Waals surface area contributed by atoms with Gasteiger partial charge in [0.15, 0.2) is 0 Å². The molecular formula is C16H39O3Ti-. The van der Waals surface area contributed by atoms with E-state index in [4.69, 9.17) is 15.3 Å². The SMILES string of the molecule is CC(C)(C)O.CC(C)(C)O.CC(C)(C)O.C[C-](C)C.[Ti]. The predicted molar refractivity (Wildman–Crippen MR) is 86.2 cm³/mol. The van der Waals surface area contributed by atoms with Crippen LogP contribution in [0.15, 0.2) is 0 Å². The molecule has 0 heterocycles. The first-order valence-electron chi connectivity index (χ1n) is 6.67. The minimum Gasteiger partial charge on any atom is -0.391 e. The van der Waals surface area contributed by atoms with Crippen LogP contribution in [0.3, 0.4) is 0 Å². The maximum Gasteiger partial charge on any atom is 0.0563 e. The van der Waals surface area contributed by atoms with E-state index in [-0.39, 0.29) is 21.7 Å². The van der Waals surface area contributed by atoms with E-state index in [0.29, 0.717) is 0 Å². The second-order valence-corrected chi connectivity index (χ2v) is 8.01. The van der Waals surface area contributed by atoms with E-state index in [1.807, 2.05) is 0 Å². The molecule has 0 radical (unpaired) electrons. The fraction of sp³-hybridized carbons (Fsp3) is 0.938. The largest absolute Gasteiger partial charge is 0.391 e. The summed E-state index contributed by atoms with van der Waals surface area (Å²) in [6.45, 7) is 21.9. The molecule has 0 saturated heterocycles. The van der Waals surface area contributed by atoms with E-state index in [0.717, 1.165) is 0 Å². The minimum absolute atomic E-state index is 0. The summed E-state index contributed by atoms with van der Waals surface area (Å²) in [5.41, 5.74) is -1.50. The van der Waals surface area contributed by atoms with Crippen molar-refractivity contribution in [1.29, 1.82) is 0 Å². The zero-order chi connectivity index (χ0) is 17.1. The molecule has 0 unspecified atom stereocenters. The molecule has 0 fully saturated rings. The van der Waals surface area contributed by atoms with Crippen LogP contribution < -0.4 is 0 Å². The molecule has 0 aliphatic heterocycles. The van der Waals surface area contributed by atoms with E-state index in [1.165, 1.54) is 5.92 Å². The molecule has 0 aliphatic carbocycles. The molecule has 0 aliphatic rings. The number of hydrogen-bond donors (Lipinski definition) is 3. The predicted octanol–water partition coefficient (Wildman–Crippen LogP) is 3.95. The van der Waals surface area contributed by atoms with Crippen molar-refractivity contribution in [3.05, 3.63) is 5.92 Å². The van der Waals surface area contributed by atoms with E-state index in [2.05, 4.69) is 20.8 Å². The van der Waals surface area contributed by atoms with Gasteiger partial charge in [-0.2, -0.15) is 20.8 Å². The summed E-state index contributed by atoms with van der Waals surface area (Å²) in [6.07, 6.45) is 0. The third-order valence-corrected chi connectivity index (χ3v) is 0. The minimum atomic E-state index is -0.500. The van der Waals surface area contributed by atoms with Crippen LogP contribution in [0.5, 0.6) is 0 Å². The van der Waals surface area contributed by atoms with E-state index >= 15 is 0 Å². The van der Waals surface area contributed by atoms with Gasteiger partial charge in [-0.3, -0.25) is 0 Å². The van der Waals surface area contributed by atoms with Crippen molar-refractivity contribution in [2.45, 2.75) is 99.9 Å². The second kappa shape index (κ2) is 14.5. The molecule has 20 heavy (non-hydrogen) atoms. The molecule has 126 valence electrons. The molecular weight excluding hydrogens is 288 g/mol. The van der Waals surface area contributed by atoms with Crippen molar-refractivity contribution in [2.24, 2.45) is 0 Å². The van der Waals surface area contributed by atoms with Gasteiger partial charge in [-0.25, -0.2) is 0 Å². The van der Waals surface area contributed by atoms with Crippen molar-refractivity contribution in [2.75, 3.05) is 0 Å². The Morgan fingerprint density at radius 3 is 0.500 bits per heavy atom. The van der Waals surface area contributed by atoms with Gasteiger partial charge >= 0.3 is 0 Å². The monoisotopic (exact) mass is 327 g/mol. The summed E-state index contributed by atoms with van der Waals surface area (Å²) in [5, 5.41) is 25.6. The average molecular weight is 327 g/mol. The van der Waals surface area contributed by atoms with Crippen LogP contribution >= 0.6 is 0 Å². The van der Waals surface area contributed by atoms with Crippen LogP contribution in [-0.2, 0) is 21.7 Å². The van der Waals surface area contributed by atoms with Gasteiger partial charge in [-0.1, -0.05) is 0 Å². The van der Waals surface area contributed by atoms with Gasteiger partial charge in [0.2, 0.25) is 0 Å². The summed E-state index contributed by atoms with van der Waals surface area (Å²) in [6, 6.07) is 0. The first-order chi connectivity index (χ1) is 7.73. The summed E-state index contributed by atoms with van der Waals surface area (Å²) < 4.78 is 0. The Hall–Kier alpha value is 0.594. The average Bonchev–Trinajstić information content (AvgIpc) is 1.66. The van der Waals surface area contributed by atoms with E-state index in [9.17, 15) is 0 Å². The Bertz CT molecular complexity index is 122. The van der Waals surface area contributed by atoms with Crippen LogP contribution in [0.2, 0.25) is 0 Å². The Kier molecular flexibility index (Phi) is 23.6. The second-order valence-electron chi connectivity index (χ2n) is 8.01. The first-order valence-corrected chi connectivity index (χ1v) is 6.67. The normalized spacial score (nSPS) is 10.8. The molecule has 0 amide bonds. The van der Waals surface area contributed by atoms with Gasteiger partial charge in [0, 0.05) is 21.7 Å². The molecule has 0 bridgehead atoms. The standard InChI is InChI=1S/3C4H10O.C4H9.Ti/c3*1-4(2,3)5;1-4(2)3;/h3*5H,1-3H3;1-3H3;/q;;;-1;. The van der Waals surface area contributed by atoms with Crippen LogP contribution in [0.4, 0.5) is 0 Å². The molecule has 0 aromatic rings. The van der Waals surface area contributed by atoms with Crippen LogP contribution in [-0.4, -0.2) is 32.1 Å². The fourth-order valence-corrected chi connectivity index (χ4v) is 0. The molecule has 0 rings (SSSR count). The molecule has 3 N–H and O–H groups in total. The zero-order valence-corrected chi connectivity index (χ0v) is 17.4. The van der Waals surface area contributed by atoms with Gasteiger partial charge in [0.1, 0.15) is 0 Å². The van der Waals surface area contributed by atoms with Crippen molar-refractivity contribution in [1.82, 2.24) is 0 Å². The van der Waals surface area contributed by atoms with Gasteiger partial charge in [-0.15, -0.1) is 0 Å². The Balaban J connectivity index is -0.0000000494. The van der Waals surface area contributed by atoms with Crippen LogP contribution in [0.25, 0.3) is 0 Å². The first kappa shape index (κ1) is 32.5. The van der Waals surface area contributed by atoms with E-state index in [1.54, 1.807) is 62.3 Å². The summed E-state index contributed by atoms with van der Waals surface area (Å²) >= 11 is 0. The molecule has 4 heteroatoms. The fourth-order valence-electron chi connectivity index (χ4n) is 0. The molecule has 3 nitrogen and oxygen atoms in total. The maximum absolute atomic E-state index is 8.52. The summed E-state index contributed by atoms with van der Waals surface area (Å²) in [5.74, 6) is 1.42. The van der Waals surface area contributed by atoms with Gasteiger partial charge in [0.05, 0.1) is 16.8 Å². The van der Waals surface area contributed by atoms with Crippen molar-refractivity contribution in [3.63, 3.8) is 0 Å². The number of rotatable bonds is 0. The summed E-state index contributed by atoms with van der Waals surface area (Å²) in [7, 11) is 0. The van der Waals surface area contributed by atoms with E-state index < -0.39 is 16.8 Å². The van der Waals surface area contributed by atoms with Gasteiger partial charge in [-0.05, 0) is 62.3 Å². The third-order valence-electron chi connectivity index (χ3n) is 0. The smallest absolute Gasteiger partial charge is 0.0563 e. The topological polar surface area (TPSA) is 60.7 Å². The Labute approximate surface area is 143 Å². The van der Waals surface area contributed by atoms with Crippen LogP contribution in [0, 0.1) is 5.92 Å². The quantitative estimate of drug-likeness (QED) is 0.466.